The molecule has 178 valence electrons. The van der Waals surface area contributed by atoms with Crippen LogP contribution in [-0.2, 0) is 9.59 Å². The van der Waals surface area contributed by atoms with Gasteiger partial charge in [0, 0.05) is 23.6 Å². The van der Waals surface area contributed by atoms with Crippen molar-refractivity contribution in [2.75, 3.05) is 24.8 Å². The maximum atomic E-state index is 11.8. The second-order valence-electron chi connectivity index (χ2n) is 7.78. The molecule has 0 bridgehead atoms. The van der Waals surface area contributed by atoms with Crippen LogP contribution in [0.5, 0.6) is 11.5 Å². The van der Waals surface area contributed by atoms with Crippen LogP contribution < -0.4 is 19.9 Å². The molecular weight excluding hydrogens is 440 g/mol. The van der Waals surface area contributed by atoms with Gasteiger partial charge >= 0.3 is 5.97 Å². The molecule has 1 aromatic heterocycles. The highest BCUT2D eigenvalue weighted by Gasteiger charge is 2.38. The molecule has 1 aliphatic heterocycles. The van der Waals surface area contributed by atoms with Crippen LogP contribution in [0.3, 0.4) is 0 Å². The van der Waals surface area contributed by atoms with E-state index >= 15 is 0 Å². The van der Waals surface area contributed by atoms with Gasteiger partial charge in [-0.1, -0.05) is 24.2 Å². The first-order valence-corrected chi connectivity index (χ1v) is 11.1. The number of rotatable bonds is 10. The highest BCUT2D eigenvalue weighted by atomic mass is 16.5. The molecule has 4 rings (SSSR count). The third-order valence-corrected chi connectivity index (χ3v) is 5.78. The summed E-state index contributed by atoms with van der Waals surface area (Å²) in [5.74, 6) is -0.173. The molecule has 1 aliphatic rings. The number of amides is 1. The molecule has 10 heteroatoms. The fourth-order valence-corrected chi connectivity index (χ4v) is 4.16. The van der Waals surface area contributed by atoms with Crippen LogP contribution in [-0.4, -0.2) is 47.4 Å². The lowest BCUT2D eigenvalue weighted by Crippen LogP contribution is -2.37. The molecule has 3 aromatic rings. The average Bonchev–Trinajstić information content (AvgIpc) is 3.46. The number of carboxylic acids is 1. The SMILES string of the molecule is CCOc1ccc(-c2nc(-c3cccc4c3C(C(C)C(=O)O)CN4NC=O)no2)cc1OCC. The number of benzene rings is 2. The minimum atomic E-state index is -0.926. The van der Waals surface area contributed by atoms with Crippen molar-refractivity contribution in [3.05, 3.63) is 42.0 Å². The number of anilines is 1. The van der Waals surface area contributed by atoms with Gasteiger partial charge in [0.15, 0.2) is 11.5 Å². The monoisotopic (exact) mass is 466 g/mol. The standard InChI is InChI=1S/C24H26N4O6/c1-4-32-19-10-9-15(11-20(19)33-5-2)23-26-22(27-34-23)16-7-6-8-18-21(16)17(14(3)24(30)31)12-28(18)25-13-29/h6-11,13-14,17H,4-5,12H2,1-3H3,(H,25,29)(H,30,31). The molecule has 0 saturated heterocycles. The first kappa shape index (κ1) is 23.1. The Balaban J connectivity index is 1.75. The second-order valence-corrected chi connectivity index (χ2v) is 7.78. The Morgan fingerprint density at radius 2 is 2.03 bits per heavy atom. The predicted molar refractivity (Wildman–Crippen MR) is 124 cm³/mol. The van der Waals surface area contributed by atoms with E-state index in [1.807, 2.05) is 38.1 Å². The van der Waals surface area contributed by atoms with Crippen molar-refractivity contribution in [1.29, 1.82) is 0 Å². The van der Waals surface area contributed by atoms with E-state index in [9.17, 15) is 14.7 Å². The molecule has 2 atom stereocenters. The lowest BCUT2D eigenvalue weighted by Gasteiger charge is -2.19. The van der Waals surface area contributed by atoms with Crippen LogP contribution >= 0.6 is 0 Å². The Morgan fingerprint density at radius 1 is 1.26 bits per heavy atom. The van der Waals surface area contributed by atoms with E-state index in [1.165, 1.54) is 0 Å². The van der Waals surface area contributed by atoms with E-state index in [-0.39, 0.29) is 5.92 Å². The molecule has 0 saturated carbocycles. The normalized spacial score (nSPS) is 15.5. The average molecular weight is 466 g/mol. The zero-order valence-electron chi connectivity index (χ0n) is 19.1. The topological polar surface area (TPSA) is 127 Å². The van der Waals surface area contributed by atoms with Gasteiger partial charge in [0.1, 0.15) is 0 Å². The quantitative estimate of drug-likeness (QED) is 0.432. The molecule has 10 nitrogen and oxygen atoms in total. The van der Waals surface area contributed by atoms with Gasteiger partial charge in [-0.15, -0.1) is 0 Å². The summed E-state index contributed by atoms with van der Waals surface area (Å²) < 4.78 is 16.9. The number of hydrogen-bond donors (Lipinski definition) is 2. The maximum absolute atomic E-state index is 11.8. The number of aromatic nitrogens is 2. The Bertz CT molecular complexity index is 1190. The van der Waals surface area contributed by atoms with Crippen LogP contribution in [0.15, 0.2) is 40.9 Å². The number of hydrazine groups is 1. The minimum absolute atomic E-state index is 0.292. The van der Waals surface area contributed by atoms with Crippen molar-refractivity contribution in [2.45, 2.75) is 26.7 Å². The Morgan fingerprint density at radius 3 is 2.74 bits per heavy atom. The number of carboxylic acid groups (broad SMARTS) is 1. The highest BCUT2D eigenvalue weighted by molar-refractivity contribution is 5.80. The molecule has 2 aromatic carbocycles. The predicted octanol–water partition coefficient (Wildman–Crippen LogP) is 3.49. The van der Waals surface area contributed by atoms with Crippen LogP contribution in [0, 0.1) is 5.92 Å². The Hall–Kier alpha value is -4.08. The summed E-state index contributed by atoms with van der Waals surface area (Å²) in [7, 11) is 0. The molecule has 2 unspecified atom stereocenters. The number of nitrogens with one attached hydrogen (secondary N) is 1. The van der Waals surface area contributed by atoms with Gasteiger partial charge in [0.25, 0.3) is 5.89 Å². The number of hydrogen-bond acceptors (Lipinski definition) is 8. The number of fused-ring (bicyclic) bond motifs is 1. The fraction of sp³-hybridized carbons (Fsp3) is 0.333. The summed E-state index contributed by atoms with van der Waals surface area (Å²) in [4.78, 5) is 27.5. The Kier molecular flexibility index (Phi) is 6.67. The first-order chi connectivity index (χ1) is 16.5. The van der Waals surface area contributed by atoms with E-state index < -0.39 is 11.9 Å². The summed E-state index contributed by atoms with van der Waals surface area (Å²) in [6, 6.07) is 10.8. The number of aliphatic carboxylic acids is 1. The van der Waals surface area contributed by atoms with Crippen LogP contribution in [0.2, 0.25) is 0 Å². The van der Waals surface area contributed by atoms with Crippen LogP contribution in [0.1, 0.15) is 32.3 Å². The zero-order valence-corrected chi connectivity index (χ0v) is 19.1. The van der Waals surface area contributed by atoms with E-state index in [1.54, 1.807) is 24.1 Å². The Labute approximate surface area is 196 Å². The molecule has 0 aliphatic carbocycles. The van der Waals surface area contributed by atoms with Crippen LogP contribution in [0.4, 0.5) is 5.69 Å². The summed E-state index contributed by atoms with van der Waals surface area (Å²) in [6.45, 7) is 6.74. The van der Waals surface area contributed by atoms with E-state index in [4.69, 9.17) is 14.0 Å². The van der Waals surface area contributed by atoms with E-state index in [0.717, 1.165) is 5.56 Å². The minimum Gasteiger partial charge on any atom is -0.490 e. The van der Waals surface area contributed by atoms with Crippen molar-refractivity contribution < 1.29 is 28.7 Å². The summed E-state index contributed by atoms with van der Waals surface area (Å²) in [6.07, 6.45) is 0.568. The van der Waals surface area contributed by atoms with Crippen molar-refractivity contribution in [3.8, 4) is 34.3 Å². The molecule has 1 amide bonds. The fourth-order valence-electron chi connectivity index (χ4n) is 4.16. The van der Waals surface area contributed by atoms with Gasteiger partial charge in [-0.2, -0.15) is 4.98 Å². The lowest BCUT2D eigenvalue weighted by atomic mass is 9.86. The van der Waals surface area contributed by atoms with Gasteiger partial charge in [-0.05, 0) is 43.7 Å². The molecule has 0 radical (unpaired) electrons. The number of nitrogens with zero attached hydrogens (tertiary/aromatic N) is 3. The van der Waals surface area contributed by atoms with Crippen molar-refractivity contribution in [2.24, 2.45) is 5.92 Å². The third kappa shape index (κ3) is 4.26. The van der Waals surface area contributed by atoms with Crippen molar-refractivity contribution in [3.63, 3.8) is 0 Å². The number of carbonyl (C=O) groups excluding carboxylic acids is 1. The highest BCUT2D eigenvalue weighted by Crippen LogP contribution is 2.44. The molecule has 2 heterocycles. The first-order valence-electron chi connectivity index (χ1n) is 11.1. The largest absolute Gasteiger partial charge is 0.490 e. The number of ether oxygens (including phenoxy) is 2. The van der Waals surface area contributed by atoms with Gasteiger partial charge in [0.05, 0.1) is 24.8 Å². The van der Waals surface area contributed by atoms with Gasteiger partial charge in [-0.25, -0.2) is 0 Å². The van der Waals surface area contributed by atoms with Gasteiger partial charge in [-0.3, -0.25) is 20.0 Å². The molecular formula is C24H26N4O6. The zero-order chi connectivity index (χ0) is 24.2. The summed E-state index contributed by atoms with van der Waals surface area (Å²) in [5.41, 5.74) is 5.41. The van der Waals surface area contributed by atoms with E-state index in [0.29, 0.717) is 66.2 Å². The maximum Gasteiger partial charge on any atom is 0.306 e. The van der Waals surface area contributed by atoms with Gasteiger partial charge in [0.2, 0.25) is 12.2 Å². The molecule has 2 N–H and O–H groups in total. The third-order valence-electron chi connectivity index (χ3n) is 5.78. The summed E-state index contributed by atoms with van der Waals surface area (Å²) >= 11 is 0. The van der Waals surface area contributed by atoms with Crippen molar-refractivity contribution >= 4 is 18.1 Å². The second kappa shape index (κ2) is 9.82. The van der Waals surface area contributed by atoms with Crippen molar-refractivity contribution in [1.82, 2.24) is 15.6 Å². The number of carbonyl (C=O) groups is 2. The van der Waals surface area contributed by atoms with E-state index in [2.05, 4.69) is 15.6 Å². The molecule has 34 heavy (non-hydrogen) atoms. The van der Waals surface area contributed by atoms with Gasteiger partial charge < -0.3 is 19.1 Å². The molecule has 0 fully saturated rings. The summed E-state index contributed by atoms with van der Waals surface area (Å²) in [5, 5.41) is 15.5. The molecule has 0 spiro atoms. The smallest absolute Gasteiger partial charge is 0.306 e. The lowest BCUT2D eigenvalue weighted by molar-refractivity contribution is -0.141. The van der Waals surface area contributed by atoms with Crippen LogP contribution in [0.25, 0.3) is 22.8 Å².